The number of benzene rings is 1. The Labute approximate surface area is 123 Å². The van der Waals surface area contributed by atoms with Crippen molar-refractivity contribution in [3.05, 3.63) is 34.8 Å². The molecule has 1 aliphatic carbocycles. The Hall–Kier alpha value is -1.39. The molecule has 4 heteroatoms. The van der Waals surface area contributed by atoms with Crippen molar-refractivity contribution >= 4 is 11.3 Å². The van der Waals surface area contributed by atoms with Gasteiger partial charge >= 0.3 is 0 Å². The lowest BCUT2D eigenvalue weighted by atomic mass is 10.2. The van der Waals surface area contributed by atoms with E-state index in [0.717, 1.165) is 16.3 Å². The first-order valence-electron chi connectivity index (χ1n) is 7.18. The topological polar surface area (TPSA) is 48.1 Å². The van der Waals surface area contributed by atoms with E-state index in [0.29, 0.717) is 12.5 Å². The number of rotatable bonds is 5. The molecule has 1 aliphatic rings. The summed E-state index contributed by atoms with van der Waals surface area (Å²) in [6.07, 6.45) is 2.50. The molecule has 1 fully saturated rings. The van der Waals surface area contributed by atoms with Gasteiger partial charge in [-0.3, -0.25) is 0 Å². The van der Waals surface area contributed by atoms with E-state index in [2.05, 4.69) is 12.1 Å². The second-order valence-corrected chi connectivity index (χ2v) is 6.32. The fourth-order valence-electron chi connectivity index (χ4n) is 2.33. The van der Waals surface area contributed by atoms with Gasteiger partial charge in [0.1, 0.15) is 10.8 Å². The SMILES string of the molecule is CCOc1cccc(-c2nc(C3CC3)c(C(C)N)s2)c1. The number of nitrogens with two attached hydrogens (primary N) is 1. The molecule has 2 N–H and O–H groups in total. The summed E-state index contributed by atoms with van der Waals surface area (Å²) in [5.41, 5.74) is 8.44. The van der Waals surface area contributed by atoms with E-state index in [4.69, 9.17) is 15.5 Å². The largest absolute Gasteiger partial charge is 0.494 e. The normalized spacial score (nSPS) is 16.1. The molecule has 0 saturated heterocycles. The quantitative estimate of drug-likeness (QED) is 0.901. The fourth-order valence-corrected chi connectivity index (χ4v) is 3.43. The van der Waals surface area contributed by atoms with Gasteiger partial charge in [-0.25, -0.2) is 4.98 Å². The zero-order valence-corrected chi connectivity index (χ0v) is 12.7. The van der Waals surface area contributed by atoms with E-state index in [9.17, 15) is 0 Å². The Morgan fingerprint density at radius 1 is 1.45 bits per heavy atom. The highest BCUT2D eigenvalue weighted by molar-refractivity contribution is 7.15. The Bertz CT molecular complexity index is 583. The summed E-state index contributed by atoms with van der Waals surface area (Å²) in [5.74, 6) is 1.53. The minimum Gasteiger partial charge on any atom is -0.494 e. The van der Waals surface area contributed by atoms with Gasteiger partial charge in [-0.15, -0.1) is 11.3 Å². The lowest BCUT2D eigenvalue weighted by Gasteiger charge is -2.04. The monoisotopic (exact) mass is 288 g/mol. The molecule has 0 bridgehead atoms. The zero-order chi connectivity index (χ0) is 14.1. The van der Waals surface area contributed by atoms with Crippen molar-refractivity contribution < 1.29 is 4.74 Å². The van der Waals surface area contributed by atoms with Crippen molar-refractivity contribution in [2.75, 3.05) is 6.61 Å². The van der Waals surface area contributed by atoms with Crippen LogP contribution in [0.2, 0.25) is 0 Å². The van der Waals surface area contributed by atoms with Gasteiger partial charge in [-0.05, 0) is 38.8 Å². The standard InChI is InChI=1S/C16H20N2OS/c1-3-19-13-6-4-5-12(9-13)16-18-14(11-7-8-11)15(20-16)10(2)17/h4-6,9-11H,3,7-8,17H2,1-2H3. The van der Waals surface area contributed by atoms with Crippen molar-refractivity contribution in [3.8, 4) is 16.3 Å². The van der Waals surface area contributed by atoms with E-state index >= 15 is 0 Å². The predicted molar refractivity (Wildman–Crippen MR) is 83.3 cm³/mol. The maximum absolute atomic E-state index is 6.09. The smallest absolute Gasteiger partial charge is 0.124 e. The third-order valence-electron chi connectivity index (χ3n) is 3.45. The van der Waals surface area contributed by atoms with Gasteiger partial charge in [0.05, 0.1) is 12.3 Å². The van der Waals surface area contributed by atoms with Crippen LogP contribution in [0.5, 0.6) is 5.75 Å². The van der Waals surface area contributed by atoms with Gasteiger partial charge in [0, 0.05) is 22.4 Å². The highest BCUT2D eigenvalue weighted by Gasteiger charge is 2.30. The zero-order valence-electron chi connectivity index (χ0n) is 11.9. The van der Waals surface area contributed by atoms with Crippen LogP contribution in [-0.2, 0) is 0 Å². The van der Waals surface area contributed by atoms with Crippen molar-refractivity contribution in [2.45, 2.75) is 38.6 Å². The molecule has 0 aliphatic heterocycles. The minimum atomic E-state index is 0.0620. The Kier molecular flexibility index (Phi) is 3.76. The first kappa shape index (κ1) is 13.6. The van der Waals surface area contributed by atoms with Crippen LogP contribution >= 0.6 is 11.3 Å². The van der Waals surface area contributed by atoms with Crippen LogP contribution in [0.4, 0.5) is 0 Å². The second-order valence-electron chi connectivity index (χ2n) is 5.29. The summed E-state index contributed by atoms with van der Waals surface area (Å²) in [4.78, 5) is 6.09. The summed E-state index contributed by atoms with van der Waals surface area (Å²) >= 11 is 1.72. The van der Waals surface area contributed by atoms with Crippen molar-refractivity contribution in [2.24, 2.45) is 5.73 Å². The molecule has 106 valence electrons. The van der Waals surface area contributed by atoms with Crippen LogP contribution in [0, 0.1) is 0 Å². The molecule has 1 atom stereocenters. The van der Waals surface area contributed by atoms with Crippen LogP contribution in [0.1, 0.15) is 49.2 Å². The molecule has 1 heterocycles. The number of nitrogens with zero attached hydrogens (tertiary/aromatic N) is 1. The molecule has 20 heavy (non-hydrogen) atoms. The third kappa shape index (κ3) is 2.72. The van der Waals surface area contributed by atoms with Gasteiger partial charge < -0.3 is 10.5 Å². The molecule has 3 nitrogen and oxygen atoms in total. The highest BCUT2D eigenvalue weighted by Crippen LogP contribution is 2.45. The van der Waals surface area contributed by atoms with E-state index in [1.165, 1.54) is 23.4 Å². The van der Waals surface area contributed by atoms with Gasteiger partial charge in [0.25, 0.3) is 0 Å². The highest BCUT2D eigenvalue weighted by atomic mass is 32.1. The molecular formula is C16H20N2OS. The van der Waals surface area contributed by atoms with Crippen LogP contribution in [0.15, 0.2) is 24.3 Å². The Morgan fingerprint density at radius 2 is 2.25 bits per heavy atom. The van der Waals surface area contributed by atoms with E-state index in [-0.39, 0.29) is 6.04 Å². The molecule has 0 spiro atoms. The van der Waals surface area contributed by atoms with Crippen LogP contribution < -0.4 is 10.5 Å². The Morgan fingerprint density at radius 3 is 2.90 bits per heavy atom. The van der Waals surface area contributed by atoms with E-state index in [1.807, 2.05) is 26.0 Å². The average Bonchev–Trinajstić information content (AvgIpc) is 3.18. The lowest BCUT2D eigenvalue weighted by Crippen LogP contribution is -2.05. The Balaban J connectivity index is 1.97. The molecule has 3 rings (SSSR count). The summed E-state index contributed by atoms with van der Waals surface area (Å²) in [6, 6.07) is 8.21. The molecule has 1 saturated carbocycles. The second kappa shape index (κ2) is 5.54. The average molecular weight is 288 g/mol. The predicted octanol–water partition coefficient (Wildman–Crippen LogP) is 4.11. The number of thiazole rings is 1. The van der Waals surface area contributed by atoms with Crippen LogP contribution in [0.25, 0.3) is 10.6 Å². The summed E-state index contributed by atoms with van der Waals surface area (Å²) in [7, 11) is 0. The number of ether oxygens (including phenoxy) is 1. The number of hydrogen-bond acceptors (Lipinski definition) is 4. The molecule has 0 radical (unpaired) electrons. The fraction of sp³-hybridized carbons (Fsp3) is 0.438. The molecule has 1 aromatic heterocycles. The van der Waals surface area contributed by atoms with Gasteiger partial charge in [0.2, 0.25) is 0 Å². The molecule has 1 unspecified atom stereocenters. The molecule has 2 aromatic rings. The summed E-state index contributed by atoms with van der Waals surface area (Å²) in [6.45, 7) is 4.72. The van der Waals surface area contributed by atoms with Gasteiger partial charge in [0.15, 0.2) is 0 Å². The summed E-state index contributed by atoms with van der Waals surface area (Å²) < 4.78 is 5.56. The van der Waals surface area contributed by atoms with Crippen LogP contribution in [-0.4, -0.2) is 11.6 Å². The van der Waals surface area contributed by atoms with Crippen molar-refractivity contribution in [1.29, 1.82) is 0 Å². The molecular weight excluding hydrogens is 268 g/mol. The first-order chi connectivity index (χ1) is 9.69. The maximum Gasteiger partial charge on any atom is 0.124 e. The van der Waals surface area contributed by atoms with Crippen molar-refractivity contribution in [1.82, 2.24) is 4.98 Å². The minimum absolute atomic E-state index is 0.0620. The van der Waals surface area contributed by atoms with E-state index < -0.39 is 0 Å². The molecule has 0 amide bonds. The number of hydrogen-bond donors (Lipinski definition) is 1. The number of aromatic nitrogens is 1. The van der Waals surface area contributed by atoms with Crippen LogP contribution in [0.3, 0.4) is 0 Å². The first-order valence-corrected chi connectivity index (χ1v) is 8.00. The van der Waals surface area contributed by atoms with Gasteiger partial charge in [-0.1, -0.05) is 12.1 Å². The lowest BCUT2D eigenvalue weighted by molar-refractivity contribution is 0.340. The van der Waals surface area contributed by atoms with E-state index in [1.54, 1.807) is 11.3 Å². The molecule has 1 aromatic carbocycles. The van der Waals surface area contributed by atoms with Crippen molar-refractivity contribution in [3.63, 3.8) is 0 Å². The third-order valence-corrected chi connectivity index (χ3v) is 4.77. The summed E-state index contributed by atoms with van der Waals surface area (Å²) in [5, 5.41) is 1.06. The van der Waals surface area contributed by atoms with Gasteiger partial charge in [-0.2, -0.15) is 0 Å². The maximum atomic E-state index is 6.09.